The Morgan fingerprint density at radius 3 is 2.72 bits per heavy atom. The van der Waals surface area contributed by atoms with Gasteiger partial charge < -0.3 is 5.32 Å². The van der Waals surface area contributed by atoms with Gasteiger partial charge in [0, 0.05) is 19.6 Å². The Morgan fingerprint density at radius 1 is 1.33 bits per heavy atom. The van der Waals surface area contributed by atoms with Gasteiger partial charge in [0.05, 0.1) is 6.54 Å². The van der Waals surface area contributed by atoms with E-state index in [9.17, 15) is 0 Å². The lowest BCUT2D eigenvalue weighted by molar-refractivity contribution is 0.184. The summed E-state index contributed by atoms with van der Waals surface area (Å²) in [5.41, 5.74) is 0. The third-order valence-electron chi connectivity index (χ3n) is 4.16. The number of hydrogen-bond acceptors (Lipinski definition) is 4. The molecule has 0 atom stereocenters. The van der Waals surface area contributed by atoms with E-state index in [1.54, 1.807) is 6.33 Å². The largest absolute Gasteiger partial charge is 0.317 e. The zero-order valence-electron chi connectivity index (χ0n) is 11.2. The summed E-state index contributed by atoms with van der Waals surface area (Å²) in [6.45, 7) is 4.57. The Morgan fingerprint density at radius 2 is 2.11 bits per heavy atom. The maximum Gasteiger partial charge on any atom is 0.140 e. The van der Waals surface area contributed by atoms with Crippen LogP contribution in [0.4, 0.5) is 0 Å². The lowest BCUT2D eigenvalue weighted by Gasteiger charge is -2.29. The molecule has 0 unspecified atom stereocenters. The minimum absolute atomic E-state index is 0.802. The molecule has 2 aliphatic rings. The van der Waals surface area contributed by atoms with E-state index in [0.717, 1.165) is 24.3 Å². The molecule has 0 radical (unpaired) electrons. The summed E-state index contributed by atoms with van der Waals surface area (Å²) in [6, 6.07) is 0.802. The molecule has 5 heteroatoms. The summed E-state index contributed by atoms with van der Waals surface area (Å²) in [7, 11) is 1.98. The Kier molecular flexibility index (Phi) is 3.61. The van der Waals surface area contributed by atoms with Crippen molar-refractivity contribution in [2.75, 3.05) is 19.6 Å². The zero-order chi connectivity index (χ0) is 12.4. The van der Waals surface area contributed by atoms with E-state index in [2.05, 4.69) is 20.3 Å². The Balaban J connectivity index is 1.59. The Bertz CT molecular complexity index is 378. The molecule has 1 aromatic heterocycles. The molecule has 1 N–H and O–H groups in total. The highest BCUT2D eigenvalue weighted by Crippen LogP contribution is 2.29. The van der Waals surface area contributed by atoms with Gasteiger partial charge in [0.1, 0.15) is 12.2 Å². The van der Waals surface area contributed by atoms with Crippen molar-refractivity contribution in [1.29, 1.82) is 0 Å². The van der Waals surface area contributed by atoms with E-state index in [1.165, 1.54) is 45.3 Å². The first-order chi connectivity index (χ1) is 8.83. The maximum absolute atomic E-state index is 4.36. The quantitative estimate of drug-likeness (QED) is 0.837. The summed E-state index contributed by atoms with van der Waals surface area (Å²) in [5, 5.41) is 7.61. The molecular weight excluding hydrogens is 226 g/mol. The van der Waals surface area contributed by atoms with Gasteiger partial charge in [0.15, 0.2) is 0 Å². The maximum atomic E-state index is 4.36. The summed E-state index contributed by atoms with van der Waals surface area (Å²) in [4.78, 5) is 6.98. The molecule has 2 fully saturated rings. The van der Waals surface area contributed by atoms with E-state index in [4.69, 9.17) is 0 Å². The second-order valence-electron chi connectivity index (χ2n) is 5.65. The minimum Gasteiger partial charge on any atom is -0.317 e. The molecule has 1 saturated carbocycles. The molecule has 0 bridgehead atoms. The summed E-state index contributed by atoms with van der Waals surface area (Å²) >= 11 is 0. The molecule has 3 rings (SSSR count). The highest BCUT2D eigenvalue weighted by molar-refractivity contribution is 4.91. The van der Waals surface area contributed by atoms with Crippen LogP contribution < -0.4 is 5.32 Å². The van der Waals surface area contributed by atoms with Gasteiger partial charge in [0.25, 0.3) is 0 Å². The lowest BCUT2D eigenvalue weighted by atomic mass is 9.97. The average molecular weight is 249 g/mol. The molecule has 0 amide bonds. The monoisotopic (exact) mass is 249 g/mol. The predicted molar refractivity (Wildman–Crippen MR) is 70.0 cm³/mol. The SMILES string of the molecule is Cn1ncnc1CN(CC1CCNCC1)C1CC1. The molecule has 5 nitrogen and oxygen atoms in total. The van der Waals surface area contributed by atoms with Crippen LogP contribution in [0.25, 0.3) is 0 Å². The van der Waals surface area contributed by atoms with Crippen LogP contribution in [-0.4, -0.2) is 45.3 Å². The van der Waals surface area contributed by atoms with Gasteiger partial charge in [-0.1, -0.05) is 0 Å². The summed E-state index contributed by atoms with van der Waals surface area (Å²) in [5.74, 6) is 1.95. The van der Waals surface area contributed by atoms with E-state index in [1.807, 2.05) is 11.7 Å². The van der Waals surface area contributed by atoms with Crippen molar-refractivity contribution in [2.45, 2.75) is 38.3 Å². The number of nitrogens with zero attached hydrogens (tertiary/aromatic N) is 4. The molecule has 1 aliphatic carbocycles. The molecule has 100 valence electrons. The summed E-state index contributed by atoms with van der Waals surface area (Å²) in [6.07, 6.45) is 7.03. The predicted octanol–water partition coefficient (Wildman–Crippen LogP) is 0.779. The number of hydrogen-bond donors (Lipinski definition) is 1. The van der Waals surface area contributed by atoms with Crippen molar-refractivity contribution in [2.24, 2.45) is 13.0 Å². The topological polar surface area (TPSA) is 46.0 Å². The van der Waals surface area contributed by atoms with Crippen molar-refractivity contribution >= 4 is 0 Å². The smallest absolute Gasteiger partial charge is 0.140 e. The van der Waals surface area contributed by atoms with E-state index < -0.39 is 0 Å². The number of piperidine rings is 1. The second-order valence-corrected chi connectivity index (χ2v) is 5.65. The van der Waals surface area contributed by atoms with Crippen LogP contribution >= 0.6 is 0 Å². The molecule has 0 aromatic carbocycles. The number of nitrogens with one attached hydrogen (secondary N) is 1. The van der Waals surface area contributed by atoms with Gasteiger partial charge in [-0.05, 0) is 44.7 Å². The van der Waals surface area contributed by atoms with Crippen molar-refractivity contribution < 1.29 is 0 Å². The molecule has 0 spiro atoms. The van der Waals surface area contributed by atoms with Crippen LogP contribution in [0.15, 0.2) is 6.33 Å². The van der Waals surface area contributed by atoms with Gasteiger partial charge in [-0.15, -0.1) is 0 Å². The van der Waals surface area contributed by atoms with Crippen molar-refractivity contribution in [3.8, 4) is 0 Å². The molecule has 2 heterocycles. The number of aromatic nitrogens is 3. The van der Waals surface area contributed by atoms with Crippen LogP contribution in [0.3, 0.4) is 0 Å². The fourth-order valence-corrected chi connectivity index (χ4v) is 2.82. The Hall–Kier alpha value is -0.940. The molecule has 1 aliphatic heterocycles. The van der Waals surface area contributed by atoms with E-state index in [-0.39, 0.29) is 0 Å². The first-order valence-corrected chi connectivity index (χ1v) is 7.10. The van der Waals surface area contributed by atoms with Crippen molar-refractivity contribution in [3.05, 3.63) is 12.2 Å². The molecular formula is C13H23N5. The van der Waals surface area contributed by atoms with Crippen LogP contribution in [0.1, 0.15) is 31.5 Å². The van der Waals surface area contributed by atoms with Gasteiger partial charge in [-0.2, -0.15) is 5.10 Å². The highest BCUT2D eigenvalue weighted by atomic mass is 15.3. The van der Waals surface area contributed by atoms with Crippen LogP contribution in [0.2, 0.25) is 0 Å². The minimum atomic E-state index is 0.802. The third kappa shape index (κ3) is 2.90. The first-order valence-electron chi connectivity index (χ1n) is 7.10. The fraction of sp³-hybridized carbons (Fsp3) is 0.846. The van der Waals surface area contributed by atoms with E-state index >= 15 is 0 Å². The van der Waals surface area contributed by atoms with Gasteiger partial charge in [0.2, 0.25) is 0 Å². The zero-order valence-corrected chi connectivity index (χ0v) is 11.2. The number of aryl methyl sites for hydroxylation is 1. The second kappa shape index (κ2) is 5.36. The summed E-state index contributed by atoms with van der Waals surface area (Å²) < 4.78 is 1.90. The van der Waals surface area contributed by atoms with Gasteiger partial charge >= 0.3 is 0 Å². The molecule has 1 aromatic rings. The van der Waals surface area contributed by atoms with Crippen LogP contribution in [0.5, 0.6) is 0 Å². The molecule has 18 heavy (non-hydrogen) atoms. The van der Waals surface area contributed by atoms with Crippen LogP contribution in [-0.2, 0) is 13.6 Å². The first kappa shape index (κ1) is 12.1. The molecule has 1 saturated heterocycles. The van der Waals surface area contributed by atoms with Gasteiger partial charge in [-0.25, -0.2) is 4.98 Å². The third-order valence-corrected chi connectivity index (χ3v) is 4.16. The van der Waals surface area contributed by atoms with Gasteiger partial charge in [-0.3, -0.25) is 9.58 Å². The normalized spacial score (nSPS) is 21.7. The fourth-order valence-electron chi connectivity index (χ4n) is 2.82. The lowest BCUT2D eigenvalue weighted by Crippen LogP contribution is -2.37. The average Bonchev–Trinajstić information content (AvgIpc) is 3.16. The number of rotatable bonds is 5. The van der Waals surface area contributed by atoms with Crippen LogP contribution in [0, 0.1) is 5.92 Å². The highest BCUT2D eigenvalue weighted by Gasteiger charge is 2.31. The van der Waals surface area contributed by atoms with Crippen molar-refractivity contribution in [3.63, 3.8) is 0 Å². The van der Waals surface area contributed by atoms with E-state index in [0.29, 0.717) is 0 Å². The Labute approximate surface area is 109 Å². The van der Waals surface area contributed by atoms with Crippen molar-refractivity contribution in [1.82, 2.24) is 25.0 Å². The standard InChI is InChI=1S/C13H23N5/c1-17-13(15-10-16-17)9-18(12-2-3-12)8-11-4-6-14-7-5-11/h10-12,14H,2-9H2,1H3.